The molecule has 5 nitrogen and oxygen atoms in total. The molecule has 0 aliphatic carbocycles. The van der Waals surface area contributed by atoms with E-state index in [0.717, 1.165) is 0 Å². The van der Waals surface area contributed by atoms with E-state index in [1.807, 2.05) is 18.2 Å². The number of nitrogens with one attached hydrogen (secondary N) is 1. The maximum absolute atomic E-state index is 11.1. The van der Waals surface area contributed by atoms with Gasteiger partial charge in [0.05, 0.1) is 5.75 Å². The molecule has 1 aromatic heterocycles. The molecule has 0 spiro atoms. The smallest absolute Gasteiger partial charge is 0.277 e. The van der Waals surface area contributed by atoms with Crippen molar-refractivity contribution in [2.75, 3.05) is 12.8 Å². The van der Waals surface area contributed by atoms with Gasteiger partial charge in [-0.05, 0) is 11.5 Å². The molecule has 0 saturated carbocycles. The van der Waals surface area contributed by atoms with Crippen LogP contribution in [0.15, 0.2) is 40.0 Å². The Bertz CT molecular complexity index is 557. The molecule has 1 aromatic carbocycles. The van der Waals surface area contributed by atoms with E-state index in [1.165, 1.54) is 17.3 Å². The van der Waals surface area contributed by atoms with E-state index < -0.39 is 0 Å². The molecule has 0 saturated heterocycles. The number of hydrogen-bond acceptors (Lipinski definition) is 5. The Morgan fingerprint density at radius 3 is 2.80 bits per heavy atom. The molecule has 6 heteroatoms. The number of carbonyl (C=O) groups is 1. The second-order valence-electron chi connectivity index (χ2n) is 4.44. The predicted molar refractivity (Wildman–Crippen MR) is 77.6 cm³/mol. The molecular formula is C14H17N3O2S. The lowest BCUT2D eigenvalue weighted by Crippen LogP contribution is -2.19. The summed E-state index contributed by atoms with van der Waals surface area (Å²) in [5.41, 5.74) is 1.24. The number of hydrogen-bond donors (Lipinski definition) is 1. The molecule has 0 radical (unpaired) electrons. The van der Waals surface area contributed by atoms with Crippen LogP contribution in [0.4, 0.5) is 0 Å². The minimum absolute atomic E-state index is 0.0626. The van der Waals surface area contributed by atoms with Gasteiger partial charge in [-0.3, -0.25) is 4.79 Å². The van der Waals surface area contributed by atoms with Crippen LogP contribution in [0.1, 0.15) is 24.3 Å². The fraction of sp³-hybridized carbons (Fsp3) is 0.357. The third-order valence-corrected chi connectivity index (χ3v) is 3.72. The van der Waals surface area contributed by atoms with Crippen LogP contribution in [-0.2, 0) is 11.2 Å². The molecule has 20 heavy (non-hydrogen) atoms. The monoisotopic (exact) mass is 291 g/mol. The number of thioether (sulfide) groups is 1. The molecule has 1 N–H and O–H groups in total. The van der Waals surface area contributed by atoms with Crippen molar-refractivity contribution in [3.63, 3.8) is 0 Å². The molecular weight excluding hydrogens is 274 g/mol. The van der Waals surface area contributed by atoms with Crippen molar-refractivity contribution in [1.29, 1.82) is 0 Å². The van der Waals surface area contributed by atoms with Crippen molar-refractivity contribution >= 4 is 17.7 Å². The zero-order valence-corrected chi connectivity index (χ0v) is 12.3. The number of nitrogens with zero attached hydrogens (tertiary/aromatic N) is 2. The van der Waals surface area contributed by atoms with Crippen molar-refractivity contribution in [1.82, 2.24) is 15.5 Å². The topological polar surface area (TPSA) is 68.0 Å². The Hall–Kier alpha value is -1.82. The van der Waals surface area contributed by atoms with Gasteiger partial charge < -0.3 is 9.73 Å². The maximum atomic E-state index is 11.1. The standard InChI is InChI=1S/C14H17N3O2S/c1-10(11-6-4-3-5-7-11)8-13-16-17-14(19-13)20-9-12(18)15-2/h3-7,10H,8-9H2,1-2H3,(H,15,18). The third-order valence-electron chi connectivity index (χ3n) is 2.90. The molecule has 2 aromatic rings. The normalized spacial score (nSPS) is 12.1. The molecule has 106 valence electrons. The molecule has 2 rings (SSSR count). The van der Waals surface area contributed by atoms with Crippen molar-refractivity contribution in [3.8, 4) is 0 Å². The molecule has 0 aliphatic heterocycles. The van der Waals surface area contributed by atoms with Gasteiger partial charge in [0.25, 0.3) is 5.22 Å². The minimum Gasteiger partial charge on any atom is -0.416 e. The molecule has 1 atom stereocenters. The van der Waals surface area contributed by atoms with Crippen LogP contribution < -0.4 is 5.32 Å². The summed E-state index contributed by atoms with van der Waals surface area (Å²) >= 11 is 1.24. The maximum Gasteiger partial charge on any atom is 0.277 e. The van der Waals surface area contributed by atoms with Gasteiger partial charge in [0.15, 0.2) is 0 Å². The van der Waals surface area contributed by atoms with Gasteiger partial charge in [-0.25, -0.2) is 0 Å². The van der Waals surface area contributed by atoms with E-state index >= 15 is 0 Å². The summed E-state index contributed by atoms with van der Waals surface area (Å²) in [5, 5.41) is 10.9. The highest BCUT2D eigenvalue weighted by molar-refractivity contribution is 7.99. The summed E-state index contributed by atoms with van der Waals surface area (Å²) in [4.78, 5) is 11.1. The van der Waals surface area contributed by atoms with Gasteiger partial charge in [0.2, 0.25) is 11.8 Å². The fourth-order valence-electron chi connectivity index (χ4n) is 1.74. The first-order valence-electron chi connectivity index (χ1n) is 6.39. The van der Waals surface area contributed by atoms with Crippen LogP contribution >= 0.6 is 11.8 Å². The predicted octanol–water partition coefficient (Wildman–Crippen LogP) is 2.25. The van der Waals surface area contributed by atoms with Crippen LogP contribution in [0, 0.1) is 0 Å². The van der Waals surface area contributed by atoms with Crippen molar-refractivity contribution in [3.05, 3.63) is 41.8 Å². The lowest BCUT2D eigenvalue weighted by Gasteiger charge is -2.08. The summed E-state index contributed by atoms with van der Waals surface area (Å²) in [7, 11) is 1.60. The van der Waals surface area contributed by atoms with Crippen molar-refractivity contribution in [2.45, 2.75) is 24.5 Å². The lowest BCUT2D eigenvalue weighted by atomic mass is 9.98. The van der Waals surface area contributed by atoms with Gasteiger partial charge in [0.1, 0.15) is 0 Å². The number of rotatable bonds is 6. The van der Waals surface area contributed by atoms with Crippen LogP contribution in [0.5, 0.6) is 0 Å². The van der Waals surface area contributed by atoms with Crippen molar-refractivity contribution in [2.24, 2.45) is 0 Å². The van der Waals surface area contributed by atoms with Gasteiger partial charge in [-0.2, -0.15) is 0 Å². The molecule has 1 heterocycles. The summed E-state index contributed by atoms with van der Waals surface area (Å²) in [6, 6.07) is 10.2. The quantitative estimate of drug-likeness (QED) is 0.827. The van der Waals surface area contributed by atoms with Crippen LogP contribution in [-0.4, -0.2) is 28.9 Å². The summed E-state index contributed by atoms with van der Waals surface area (Å²) < 4.78 is 5.53. The van der Waals surface area contributed by atoms with Gasteiger partial charge >= 0.3 is 0 Å². The van der Waals surface area contributed by atoms with E-state index in [2.05, 4.69) is 34.6 Å². The largest absolute Gasteiger partial charge is 0.416 e. The third kappa shape index (κ3) is 4.09. The number of aromatic nitrogens is 2. The first-order valence-corrected chi connectivity index (χ1v) is 7.38. The summed E-state index contributed by atoms with van der Waals surface area (Å²) in [5.74, 6) is 1.13. The second-order valence-corrected chi connectivity index (χ2v) is 5.37. The van der Waals surface area contributed by atoms with Gasteiger partial charge in [-0.15, -0.1) is 10.2 Å². The Morgan fingerprint density at radius 2 is 2.10 bits per heavy atom. The molecule has 1 amide bonds. The number of amides is 1. The highest BCUT2D eigenvalue weighted by Crippen LogP contribution is 2.22. The van der Waals surface area contributed by atoms with E-state index in [4.69, 9.17) is 4.42 Å². The van der Waals surface area contributed by atoms with E-state index in [-0.39, 0.29) is 11.7 Å². The minimum atomic E-state index is -0.0626. The van der Waals surface area contributed by atoms with Gasteiger partial charge in [0, 0.05) is 13.5 Å². The zero-order valence-electron chi connectivity index (χ0n) is 11.5. The highest BCUT2D eigenvalue weighted by atomic mass is 32.2. The molecule has 0 bridgehead atoms. The fourth-order valence-corrected chi connectivity index (χ4v) is 2.39. The van der Waals surface area contributed by atoms with E-state index in [1.54, 1.807) is 7.05 Å². The van der Waals surface area contributed by atoms with Crippen molar-refractivity contribution < 1.29 is 9.21 Å². The van der Waals surface area contributed by atoms with Crippen LogP contribution in [0.25, 0.3) is 0 Å². The average molecular weight is 291 g/mol. The lowest BCUT2D eigenvalue weighted by molar-refractivity contribution is -0.118. The second kappa shape index (κ2) is 7.09. The zero-order chi connectivity index (χ0) is 14.4. The Kier molecular flexibility index (Phi) is 5.17. The van der Waals surface area contributed by atoms with Crippen LogP contribution in [0.3, 0.4) is 0 Å². The van der Waals surface area contributed by atoms with Crippen LogP contribution in [0.2, 0.25) is 0 Å². The molecule has 0 fully saturated rings. The average Bonchev–Trinajstić information content (AvgIpc) is 2.93. The SMILES string of the molecule is CNC(=O)CSc1nnc(CC(C)c2ccccc2)o1. The number of carbonyl (C=O) groups excluding carboxylic acids is 1. The summed E-state index contributed by atoms with van der Waals surface area (Å²) in [6.07, 6.45) is 0.692. The molecule has 0 aliphatic rings. The van der Waals surface area contributed by atoms with Gasteiger partial charge in [-0.1, -0.05) is 49.0 Å². The van der Waals surface area contributed by atoms with E-state index in [0.29, 0.717) is 23.5 Å². The number of benzene rings is 1. The first kappa shape index (κ1) is 14.6. The Balaban J connectivity index is 1.91. The molecule has 1 unspecified atom stereocenters. The summed E-state index contributed by atoms with van der Waals surface area (Å²) in [6.45, 7) is 2.12. The Morgan fingerprint density at radius 1 is 1.35 bits per heavy atom. The first-order chi connectivity index (χ1) is 9.69. The van der Waals surface area contributed by atoms with E-state index in [9.17, 15) is 4.79 Å². The Labute approximate surface area is 122 Å². The highest BCUT2D eigenvalue weighted by Gasteiger charge is 2.13.